The summed E-state index contributed by atoms with van der Waals surface area (Å²) in [4.78, 5) is 20.0. The van der Waals surface area contributed by atoms with E-state index in [0.717, 1.165) is 50.6 Å². The van der Waals surface area contributed by atoms with E-state index in [1.807, 2.05) is 6.92 Å². The molecule has 1 aliphatic rings. The zero-order chi connectivity index (χ0) is 19.3. The van der Waals surface area contributed by atoms with Crippen molar-refractivity contribution in [1.82, 2.24) is 25.1 Å². The van der Waals surface area contributed by atoms with Crippen molar-refractivity contribution in [3.05, 3.63) is 47.3 Å². The first kappa shape index (κ1) is 16.8. The number of anilines is 2. The van der Waals surface area contributed by atoms with Crippen LogP contribution in [0.15, 0.2) is 24.7 Å². The van der Waals surface area contributed by atoms with Gasteiger partial charge in [0.1, 0.15) is 22.8 Å². The third-order valence-corrected chi connectivity index (χ3v) is 6.13. The molecule has 1 N–H and O–H groups in total. The van der Waals surface area contributed by atoms with Crippen LogP contribution in [0.1, 0.15) is 11.3 Å². The number of hydrogen-bond acceptors (Lipinski definition) is 8. The van der Waals surface area contributed by atoms with Crippen LogP contribution in [0, 0.1) is 20.4 Å². The van der Waals surface area contributed by atoms with E-state index in [9.17, 15) is 0 Å². The second-order valence-corrected chi connectivity index (χ2v) is 7.80. The van der Waals surface area contributed by atoms with E-state index in [1.165, 1.54) is 0 Å². The quantitative estimate of drug-likeness (QED) is 0.538. The van der Waals surface area contributed by atoms with Gasteiger partial charge in [-0.3, -0.25) is 4.98 Å². The average Bonchev–Trinajstić information content (AvgIpc) is 3.07. The molecular formula is C19H16N8S. The van der Waals surface area contributed by atoms with Crippen LogP contribution >= 0.6 is 11.3 Å². The maximum atomic E-state index is 7.26. The van der Waals surface area contributed by atoms with Crippen LogP contribution in [0.25, 0.3) is 25.3 Å². The molecule has 4 aromatic rings. The number of aryl methyl sites for hydroxylation is 2. The van der Waals surface area contributed by atoms with Crippen molar-refractivity contribution >= 4 is 49.1 Å². The zero-order valence-corrected chi connectivity index (χ0v) is 16.2. The van der Waals surface area contributed by atoms with Gasteiger partial charge in [0.25, 0.3) is 0 Å². The van der Waals surface area contributed by atoms with E-state index < -0.39 is 0 Å². The monoisotopic (exact) mass is 388 g/mol. The normalized spacial score (nSPS) is 14.2. The standard InChI is InChI=1S/C19H16N8S/c1-10-11(2)25-26-19-14(10)15-16(28-19)18(23-9-22-15)27-7-12(8-27)24-17-13(20-3)5-4-6-21-17/h4-6,9,12H,7-8H2,1-2H3,(H,21,24). The first-order chi connectivity index (χ1) is 13.7. The lowest BCUT2D eigenvalue weighted by molar-refractivity contribution is 0.545. The van der Waals surface area contributed by atoms with Crippen molar-refractivity contribution in [3.63, 3.8) is 0 Å². The number of pyridine rings is 1. The number of nitrogens with zero attached hydrogens (tertiary/aromatic N) is 7. The minimum absolute atomic E-state index is 0.221. The van der Waals surface area contributed by atoms with Crippen molar-refractivity contribution in [2.45, 2.75) is 19.9 Å². The number of fused-ring (bicyclic) bond motifs is 3. The van der Waals surface area contributed by atoms with E-state index in [0.29, 0.717) is 11.5 Å². The second kappa shape index (κ2) is 6.35. The molecule has 0 saturated carbocycles. The largest absolute Gasteiger partial charge is 0.372 e. The Morgan fingerprint density at radius 3 is 2.89 bits per heavy atom. The summed E-state index contributed by atoms with van der Waals surface area (Å²) in [6.07, 6.45) is 3.32. The van der Waals surface area contributed by atoms with Crippen LogP contribution in [0.5, 0.6) is 0 Å². The molecule has 138 valence electrons. The van der Waals surface area contributed by atoms with Crippen LogP contribution in [-0.2, 0) is 0 Å². The van der Waals surface area contributed by atoms with Crippen LogP contribution < -0.4 is 10.2 Å². The predicted molar refractivity (Wildman–Crippen MR) is 110 cm³/mol. The van der Waals surface area contributed by atoms with Crippen molar-refractivity contribution in [1.29, 1.82) is 0 Å². The summed E-state index contributed by atoms with van der Waals surface area (Å²) in [5.41, 5.74) is 3.52. The maximum absolute atomic E-state index is 7.26. The summed E-state index contributed by atoms with van der Waals surface area (Å²) < 4.78 is 1.04. The first-order valence-corrected chi connectivity index (χ1v) is 9.68. The van der Waals surface area contributed by atoms with Crippen molar-refractivity contribution in [2.75, 3.05) is 23.3 Å². The molecule has 9 heteroatoms. The summed E-state index contributed by atoms with van der Waals surface area (Å²) in [5.74, 6) is 1.56. The lowest BCUT2D eigenvalue weighted by Crippen LogP contribution is -2.55. The van der Waals surface area contributed by atoms with Crippen molar-refractivity contribution < 1.29 is 0 Å². The highest BCUT2D eigenvalue weighted by Crippen LogP contribution is 2.39. The molecule has 0 atom stereocenters. The van der Waals surface area contributed by atoms with Crippen LogP contribution in [0.2, 0.25) is 0 Å². The number of aromatic nitrogens is 5. The molecule has 5 heterocycles. The van der Waals surface area contributed by atoms with Gasteiger partial charge in [0, 0.05) is 24.7 Å². The third-order valence-electron chi connectivity index (χ3n) is 5.07. The minimum Gasteiger partial charge on any atom is -0.372 e. The molecule has 8 nitrogen and oxygen atoms in total. The molecule has 4 aromatic heterocycles. The van der Waals surface area contributed by atoms with E-state index in [-0.39, 0.29) is 6.04 Å². The molecule has 1 fully saturated rings. The highest BCUT2D eigenvalue weighted by Gasteiger charge is 2.30. The fraction of sp³-hybridized carbons (Fsp3) is 0.263. The molecule has 0 aromatic carbocycles. The Labute approximate surface area is 165 Å². The Morgan fingerprint density at radius 1 is 1.21 bits per heavy atom. The number of thiophene rings is 1. The van der Waals surface area contributed by atoms with Crippen molar-refractivity contribution in [3.8, 4) is 0 Å². The maximum Gasteiger partial charge on any atom is 0.228 e. The van der Waals surface area contributed by atoms with E-state index >= 15 is 0 Å². The van der Waals surface area contributed by atoms with Gasteiger partial charge in [-0.15, -0.1) is 16.4 Å². The molecule has 0 radical (unpaired) electrons. The van der Waals surface area contributed by atoms with Gasteiger partial charge in [-0.1, -0.05) is 12.1 Å². The van der Waals surface area contributed by atoms with Gasteiger partial charge < -0.3 is 10.2 Å². The Kier molecular flexibility index (Phi) is 3.80. The van der Waals surface area contributed by atoms with Gasteiger partial charge in [-0.25, -0.2) is 14.8 Å². The Hall–Kier alpha value is -3.38. The topological polar surface area (TPSA) is 84.1 Å². The lowest BCUT2D eigenvalue weighted by Gasteiger charge is -2.40. The third kappa shape index (κ3) is 2.53. The van der Waals surface area contributed by atoms with Gasteiger partial charge in [0.15, 0.2) is 0 Å². The van der Waals surface area contributed by atoms with Gasteiger partial charge in [0.05, 0.1) is 28.5 Å². The molecule has 0 unspecified atom stereocenters. The molecule has 0 amide bonds. The molecule has 0 aliphatic carbocycles. The molecule has 0 bridgehead atoms. The Morgan fingerprint density at radius 2 is 2.07 bits per heavy atom. The smallest absolute Gasteiger partial charge is 0.228 e. The molecule has 1 saturated heterocycles. The molecule has 5 rings (SSSR count). The van der Waals surface area contributed by atoms with E-state index in [1.54, 1.807) is 36.0 Å². The van der Waals surface area contributed by atoms with Gasteiger partial charge in [0.2, 0.25) is 5.69 Å². The van der Waals surface area contributed by atoms with E-state index in [4.69, 9.17) is 6.57 Å². The van der Waals surface area contributed by atoms with Gasteiger partial charge >= 0.3 is 0 Å². The molecular weight excluding hydrogens is 372 g/mol. The lowest BCUT2D eigenvalue weighted by atomic mass is 10.1. The fourth-order valence-electron chi connectivity index (χ4n) is 3.43. The number of nitrogens with one attached hydrogen (secondary N) is 1. The molecule has 28 heavy (non-hydrogen) atoms. The highest BCUT2D eigenvalue weighted by molar-refractivity contribution is 7.26. The fourth-order valence-corrected chi connectivity index (χ4v) is 4.58. The highest BCUT2D eigenvalue weighted by atomic mass is 32.1. The van der Waals surface area contributed by atoms with Crippen LogP contribution in [0.4, 0.5) is 17.3 Å². The predicted octanol–water partition coefficient (Wildman–Crippen LogP) is 3.50. The van der Waals surface area contributed by atoms with Crippen LogP contribution in [-0.4, -0.2) is 44.3 Å². The summed E-state index contributed by atoms with van der Waals surface area (Å²) >= 11 is 1.59. The molecule has 0 spiro atoms. The number of hydrogen-bond donors (Lipinski definition) is 1. The SMILES string of the molecule is [C-]#[N+]c1cccnc1NC1CN(c2ncnc3c2sc2nnc(C)c(C)c23)C1. The summed E-state index contributed by atoms with van der Waals surface area (Å²) in [5, 5.41) is 13.0. The van der Waals surface area contributed by atoms with Gasteiger partial charge in [-0.2, -0.15) is 5.10 Å². The van der Waals surface area contributed by atoms with E-state index in [2.05, 4.69) is 47.1 Å². The number of rotatable bonds is 3. The zero-order valence-electron chi connectivity index (χ0n) is 15.3. The summed E-state index contributed by atoms with van der Waals surface area (Å²) in [6.45, 7) is 12.9. The average molecular weight is 388 g/mol. The summed E-state index contributed by atoms with van der Waals surface area (Å²) in [6, 6.07) is 3.77. The van der Waals surface area contributed by atoms with Gasteiger partial charge in [-0.05, 0) is 19.4 Å². The first-order valence-electron chi connectivity index (χ1n) is 8.86. The molecule has 1 aliphatic heterocycles. The summed E-state index contributed by atoms with van der Waals surface area (Å²) in [7, 11) is 0. The Balaban J connectivity index is 1.44. The van der Waals surface area contributed by atoms with Crippen LogP contribution in [0.3, 0.4) is 0 Å². The second-order valence-electron chi connectivity index (χ2n) is 6.80. The Bertz CT molecular complexity index is 1250. The van der Waals surface area contributed by atoms with Crippen molar-refractivity contribution in [2.24, 2.45) is 0 Å². The minimum atomic E-state index is 0.221.